The van der Waals surface area contributed by atoms with Gasteiger partial charge in [0.25, 0.3) is 0 Å². The van der Waals surface area contributed by atoms with Gasteiger partial charge in [0.2, 0.25) is 5.13 Å². The molecule has 1 rings (SSSR count). The van der Waals surface area contributed by atoms with Crippen LogP contribution in [0.2, 0.25) is 0 Å². The summed E-state index contributed by atoms with van der Waals surface area (Å²) in [5.41, 5.74) is 3.04. The topological polar surface area (TPSA) is 41.1 Å². The van der Waals surface area contributed by atoms with Gasteiger partial charge < -0.3 is 0 Å². The Morgan fingerprint density at radius 1 is 1.55 bits per heavy atom. The highest BCUT2D eigenvalue weighted by molar-refractivity contribution is 7.09. The zero-order valence-electron chi connectivity index (χ0n) is 6.96. The van der Waals surface area contributed by atoms with E-state index in [4.69, 9.17) is 0 Å². The fraction of sp³-hybridized carbons (Fsp3) is 0.667. The highest BCUT2D eigenvalue weighted by Crippen LogP contribution is 2.10. The highest BCUT2D eigenvalue weighted by atomic mass is 32.1. The van der Waals surface area contributed by atoms with Crippen molar-refractivity contribution >= 4 is 16.7 Å². The van der Waals surface area contributed by atoms with Crippen LogP contribution < -0.4 is 5.43 Å². The third-order valence-corrected chi connectivity index (χ3v) is 1.76. The molecule has 0 unspecified atom stereocenters. The average molecular weight is 172 g/mol. The molecule has 0 bridgehead atoms. The van der Waals surface area contributed by atoms with Crippen LogP contribution in [0.15, 0.2) is 0 Å². The van der Waals surface area contributed by atoms with E-state index in [2.05, 4.69) is 14.8 Å². The van der Waals surface area contributed by atoms with Gasteiger partial charge in [0, 0.05) is 32.0 Å². The Kier molecular flexibility index (Phi) is 2.78. The van der Waals surface area contributed by atoms with E-state index in [0.717, 1.165) is 17.4 Å². The van der Waals surface area contributed by atoms with Gasteiger partial charge in [0.1, 0.15) is 5.82 Å². The molecule has 0 aliphatic heterocycles. The van der Waals surface area contributed by atoms with Crippen molar-refractivity contribution in [2.45, 2.75) is 13.3 Å². The van der Waals surface area contributed by atoms with E-state index >= 15 is 0 Å². The summed E-state index contributed by atoms with van der Waals surface area (Å²) in [6.45, 7) is 2.04. The van der Waals surface area contributed by atoms with Crippen LogP contribution in [0.3, 0.4) is 0 Å². The zero-order chi connectivity index (χ0) is 8.27. The maximum Gasteiger partial charge on any atom is 0.217 e. The molecule has 0 spiro atoms. The van der Waals surface area contributed by atoms with Crippen molar-refractivity contribution in [2.24, 2.45) is 0 Å². The second-order valence-electron chi connectivity index (χ2n) is 2.38. The van der Waals surface area contributed by atoms with Crippen LogP contribution in [0.25, 0.3) is 0 Å². The molecule has 0 aromatic carbocycles. The molecule has 0 radical (unpaired) electrons. The molecule has 0 amide bonds. The van der Waals surface area contributed by atoms with E-state index in [0.29, 0.717) is 0 Å². The van der Waals surface area contributed by atoms with Crippen LogP contribution >= 0.6 is 11.5 Å². The summed E-state index contributed by atoms with van der Waals surface area (Å²) in [7, 11) is 3.85. The second-order valence-corrected chi connectivity index (χ2v) is 3.13. The summed E-state index contributed by atoms with van der Waals surface area (Å²) in [4.78, 5) is 4.22. The highest BCUT2D eigenvalue weighted by Gasteiger charge is 2.00. The van der Waals surface area contributed by atoms with E-state index in [1.54, 1.807) is 0 Å². The average Bonchev–Trinajstić information content (AvgIpc) is 2.34. The lowest BCUT2D eigenvalue weighted by Crippen LogP contribution is -2.19. The first kappa shape index (κ1) is 8.42. The number of nitrogens with one attached hydrogen (secondary N) is 1. The fourth-order valence-electron chi connectivity index (χ4n) is 0.634. The summed E-state index contributed by atoms with van der Waals surface area (Å²) in [5, 5.41) is 2.70. The van der Waals surface area contributed by atoms with Gasteiger partial charge in [-0.15, -0.1) is 0 Å². The van der Waals surface area contributed by atoms with Crippen molar-refractivity contribution < 1.29 is 0 Å². The lowest BCUT2D eigenvalue weighted by Gasteiger charge is -2.08. The molecule has 1 aromatic rings. The number of nitrogens with zero attached hydrogens (tertiary/aromatic N) is 3. The molecular weight excluding hydrogens is 160 g/mol. The van der Waals surface area contributed by atoms with Crippen molar-refractivity contribution in [1.29, 1.82) is 0 Å². The molecule has 62 valence electrons. The van der Waals surface area contributed by atoms with Gasteiger partial charge in [-0.05, 0) is 0 Å². The number of hydrogen-bond acceptors (Lipinski definition) is 5. The number of rotatable bonds is 3. The summed E-state index contributed by atoms with van der Waals surface area (Å²) < 4.78 is 4.13. The fourth-order valence-corrected chi connectivity index (χ4v) is 1.37. The minimum Gasteiger partial charge on any atom is -0.294 e. The van der Waals surface area contributed by atoms with Gasteiger partial charge in [-0.2, -0.15) is 4.37 Å². The van der Waals surface area contributed by atoms with Crippen LogP contribution in [-0.2, 0) is 6.42 Å². The maximum atomic E-state index is 4.22. The molecule has 4 nitrogen and oxygen atoms in total. The number of hydrogen-bond donors (Lipinski definition) is 1. The van der Waals surface area contributed by atoms with Gasteiger partial charge in [-0.1, -0.05) is 6.92 Å². The Morgan fingerprint density at radius 3 is 2.73 bits per heavy atom. The van der Waals surface area contributed by atoms with Crippen molar-refractivity contribution in [3.05, 3.63) is 5.82 Å². The third-order valence-electron chi connectivity index (χ3n) is 1.10. The number of anilines is 1. The minimum atomic E-state index is 0.854. The molecule has 0 saturated carbocycles. The van der Waals surface area contributed by atoms with Crippen molar-refractivity contribution in [3.8, 4) is 0 Å². The van der Waals surface area contributed by atoms with Crippen molar-refractivity contribution in [1.82, 2.24) is 14.4 Å². The van der Waals surface area contributed by atoms with Crippen LogP contribution in [0, 0.1) is 0 Å². The first-order valence-electron chi connectivity index (χ1n) is 3.49. The van der Waals surface area contributed by atoms with E-state index in [1.807, 2.05) is 26.0 Å². The number of aryl methyl sites for hydroxylation is 1. The largest absolute Gasteiger partial charge is 0.294 e. The summed E-state index contributed by atoms with van der Waals surface area (Å²) in [6.07, 6.45) is 0.894. The van der Waals surface area contributed by atoms with E-state index < -0.39 is 0 Å². The second kappa shape index (κ2) is 3.64. The lowest BCUT2D eigenvalue weighted by molar-refractivity contribution is 0.494. The smallest absolute Gasteiger partial charge is 0.217 e. The van der Waals surface area contributed by atoms with Gasteiger partial charge in [-0.3, -0.25) is 5.43 Å². The Morgan fingerprint density at radius 2 is 2.27 bits per heavy atom. The van der Waals surface area contributed by atoms with Gasteiger partial charge in [-0.25, -0.2) is 9.99 Å². The van der Waals surface area contributed by atoms with Gasteiger partial charge in [0.15, 0.2) is 0 Å². The Hall–Kier alpha value is -0.680. The van der Waals surface area contributed by atoms with Crippen LogP contribution in [0.5, 0.6) is 0 Å². The molecule has 11 heavy (non-hydrogen) atoms. The molecule has 1 heterocycles. The predicted octanol–water partition coefficient (Wildman–Crippen LogP) is 0.989. The Bertz CT molecular complexity index is 220. The molecule has 0 atom stereocenters. The van der Waals surface area contributed by atoms with Gasteiger partial charge in [0.05, 0.1) is 0 Å². The first-order valence-corrected chi connectivity index (χ1v) is 4.26. The van der Waals surface area contributed by atoms with Gasteiger partial charge >= 0.3 is 0 Å². The quantitative estimate of drug-likeness (QED) is 0.690. The molecule has 0 saturated heterocycles. The zero-order valence-corrected chi connectivity index (χ0v) is 7.77. The molecule has 0 aliphatic carbocycles. The van der Waals surface area contributed by atoms with Crippen molar-refractivity contribution in [2.75, 3.05) is 19.5 Å². The monoisotopic (exact) mass is 172 g/mol. The van der Waals surface area contributed by atoms with E-state index in [9.17, 15) is 0 Å². The van der Waals surface area contributed by atoms with Crippen LogP contribution in [0.1, 0.15) is 12.7 Å². The molecular formula is C6H12N4S. The summed E-state index contributed by atoms with van der Waals surface area (Å²) in [6, 6.07) is 0. The summed E-state index contributed by atoms with van der Waals surface area (Å²) in [5.74, 6) is 0.902. The molecule has 1 N–H and O–H groups in total. The van der Waals surface area contributed by atoms with Crippen LogP contribution in [-0.4, -0.2) is 28.5 Å². The maximum absolute atomic E-state index is 4.22. The Labute approximate surface area is 70.4 Å². The molecule has 1 aromatic heterocycles. The number of aromatic nitrogens is 2. The third kappa shape index (κ3) is 2.44. The summed E-state index contributed by atoms with van der Waals surface area (Å²) >= 11 is 1.39. The first-order chi connectivity index (χ1) is 5.22. The van der Waals surface area contributed by atoms with E-state index in [1.165, 1.54) is 11.5 Å². The Balaban J connectivity index is 2.58. The SMILES string of the molecule is CCc1nsc(NN(C)C)n1. The predicted molar refractivity (Wildman–Crippen MR) is 46.6 cm³/mol. The normalized spacial score (nSPS) is 10.5. The molecule has 0 aliphatic rings. The minimum absolute atomic E-state index is 0.854. The van der Waals surface area contributed by atoms with E-state index in [-0.39, 0.29) is 0 Å². The van der Waals surface area contributed by atoms with Crippen molar-refractivity contribution in [3.63, 3.8) is 0 Å². The molecule has 0 fully saturated rings. The lowest BCUT2D eigenvalue weighted by atomic mass is 10.5. The number of hydrazine groups is 1. The van der Waals surface area contributed by atoms with Crippen LogP contribution in [0.4, 0.5) is 5.13 Å². The molecule has 5 heteroatoms. The standard InChI is InChI=1S/C6H12N4S/c1-4-5-7-6(11-9-5)8-10(2)3/h4H2,1-3H3,(H,7,8,9).